The topological polar surface area (TPSA) is 122 Å². The minimum absolute atomic E-state index is 0.0575. The highest BCUT2D eigenvalue weighted by Crippen LogP contribution is 2.32. The Morgan fingerprint density at radius 2 is 1.86 bits per heavy atom. The molecule has 0 aromatic heterocycles. The molecule has 0 spiro atoms. The molecule has 0 fully saturated rings. The number of nitrogens with zero attached hydrogens (tertiary/aromatic N) is 1. The number of hydrazone groups is 1. The summed E-state index contributed by atoms with van der Waals surface area (Å²) in [6, 6.07) is 10.8. The van der Waals surface area contributed by atoms with Gasteiger partial charge in [-0.25, -0.2) is 0 Å². The van der Waals surface area contributed by atoms with Gasteiger partial charge in [0.1, 0.15) is 22.1 Å². The zero-order valence-corrected chi connectivity index (χ0v) is 12.4. The van der Waals surface area contributed by atoms with Crippen molar-refractivity contribution < 1.29 is 22.8 Å². The first-order valence-corrected chi connectivity index (χ1v) is 7.54. The zero-order chi connectivity index (χ0) is 16.3. The molecule has 0 saturated carbocycles. The standard InChI is InChI=1S/C14H14N2O5S/c1-21-12-8-11(17)10(7-13(12)22(18,19)20)14(16-15)9-5-3-2-4-6-9/h2-8,17H,15H2,1H3,(H,18,19,20)/b16-14+. The highest BCUT2D eigenvalue weighted by atomic mass is 32.2. The smallest absolute Gasteiger partial charge is 0.298 e. The summed E-state index contributed by atoms with van der Waals surface area (Å²) in [5.41, 5.74) is 0.805. The molecule has 0 aliphatic carbocycles. The van der Waals surface area contributed by atoms with Crippen LogP contribution in [0.1, 0.15) is 11.1 Å². The molecule has 2 rings (SSSR count). The molecule has 0 aliphatic heterocycles. The molecule has 0 bridgehead atoms. The van der Waals surface area contributed by atoms with Gasteiger partial charge in [0.25, 0.3) is 10.1 Å². The molecule has 0 radical (unpaired) electrons. The van der Waals surface area contributed by atoms with Crippen molar-refractivity contribution in [1.29, 1.82) is 0 Å². The van der Waals surface area contributed by atoms with Gasteiger partial charge in [-0.3, -0.25) is 4.55 Å². The number of rotatable bonds is 4. The summed E-state index contributed by atoms with van der Waals surface area (Å²) in [4.78, 5) is -0.486. The second-order valence-corrected chi connectivity index (χ2v) is 5.73. The Hall–Kier alpha value is -2.58. The molecular formula is C14H14N2O5S. The van der Waals surface area contributed by atoms with Crippen LogP contribution >= 0.6 is 0 Å². The Balaban J connectivity index is 2.70. The van der Waals surface area contributed by atoms with E-state index in [1.807, 2.05) is 0 Å². The van der Waals surface area contributed by atoms with Crippen molar-refractivity contribution in [3.05, 3.63) is 53.6 Å². The molecule has 0 aliphatic rings. The van der Waals surface area contributed by atoms with E-state index < -0.39 is 15.0 Å². The number of hydrogen-bond donors (Lipinski definition) is 3. The number of nitrogens with two attached hydrogens (primary N) is 1. The van der Waals surface area contributed by atoms with Gasteiger partial charge in [-0.05, 0) is 6.07 Å². The van der Waals surface area contributed by atoms with Crippen LogP contribution in [0.5, 0.6) is 11.5 Å². The van der Waals surface area contributed by atoms with Crippen molar-refractivity contribution in [1.82, 2.24) is 0 Å². The molecule has 116 valence electrons. The summed E-state index contributed by atoms with van der Waals surface area (Å²) in [7, 11) is -3.32. The van der Waals surface area contributed by atoms with E-state index in [2.05, 4.69) is 5.10 Å². The van der Waals surface area contributed by atoms with E-state index >= 15 is 0 Å². The van der Waals surface area contributed by atoms with Gasteiger partial charge >= 0.3 is 0 Å². The van der Waals surface area contributed by atoms with Crippen LogP contribution in [0, 0.1) is 0 Å². The predicted octanol–water partition coefficient (Wildman–Crippen LogP) is 1.36. The monoisotopic (exact) mass is 322 g/mol. The molecule has 0 unspecified atom stereocenters. The van der Waals surface area contributed by atoms with Crippen LogP contribution in [-0.4, -0.2) is 30.9 Å². The summed E-state index contributed by atoms with van der Waals surface area (Å²) in [6.45, 7) is 0. The van der Waals surface area contributed by atoms with Gasteiger partial charge in [0.15, 0.2) is 0 Å². The van der Waals surface area contributed by atoms with Gasteiger partial charge in [-0.1, -0.05) is 30.3 Å². The van der Waals surface area contributed by atoms with Crippen LogP contribution in [0.2, 0.25) is 0 Å². The van der Waals surface area contributed by atoms with Crippen LogP contribution < -0.4 is 10.6 Å². The van der Waals surface area contributed by atoms with Crippen molar-refractivity contribution in [3.63, 3.8) is 0 Å². The lowest BCUT2D eigenvalue weighted by Gasteiger charge is -2.12. The Morgan fingerprint density at radius 1 is 1.23 bits per heavy atom. The highest BCUT2D eigenvalue weighted by Gasteiger charge is 2.22. The summed E-state index contributed by atoms with van der Waals surface area (Å²) < 4.78 is 37.0. The third-order valence-electron chi connectivity index (χ3n) is 2.99. The van der Waals surface area contributed by atoms with Gasteiger partial charge in [-0.2, -0.15) is 13.5 Å². The number of ether oxygens (including phenoxy) is 1. The van der Waals surface area contributed by atoms with E-state index in [0.29, 0.717) is 5.56 Å². The average molecular weight is 322 g/mol. The highest BCUT2D eigenvalue weighted by molar-refractivity contribution is 7.86. The molecule has 0 amide bonds. The summed E-state index contributed by atoms with van der Waals surface area (Å²) >= 11 is 0. The molecule has 4 N–H and O–H groups in total. The van der Waals surface area contributed by atoms with E-state index in [1.165, 1.54) is 7.11 Å². The van der Waals surface area contributed by atoms with Crippen molar-refractivity contribution >= 4 is 15.8 Å². The van der Waals surface area contributed by atoms with E-state index in [9.17, 15) is 18.1 Å². The lowest BCUT2D eigenvalue weighted by atomic mass is 10.0. The molecule has 22 heavy (non-hydrogen) atoms. The number of aromatic hydroxyl groups is 1. The van der Waals surface area contributed by atoms with Crippen molar-refractivity contribution in [3.8, 4) is 11.5 Å². The molecule has 2 aromatic carbocycles. The second kappa shape index (κ2) is 6.04. The fourth-order valence-electron chi connectivity index (χ4n) is 2.00. The predicted molar refractivity (Wildman–Crippen MR) is 80.7 cm³/mol. The first-order chi connectivity index (χ1) is 10.4. The van der Waals surface area contributed by atoms with E-state index in [-0.39, 0.29) is 22.8 Å². The van der Waals surface area contributed by atoms with E-state index in [0.717, 1.165) is 12.1 Å². The Bertz CT molecular complexity index is 817. The minimum atomic E-state index is -4.54. The number of phenols is 1. The van der Waals surface area contributed by atoms with Crippen LogP contribution in [-0.2, 0) is 10.1 Å². The average Bonchev–Trinajstić information content (AvgIpc) is 2.49. The number of phenolic OH excluding ortho intramolecular Hbond substituents is 1. The second-order valence-electron chi connectivity index (χ2n) is 4.34. The molecule has 8 heteroatoms. The Kier molecular flexibility index (Phi) is 4.34. The Labute approximate surface area is 127 Å². The molecular weight excluding hydrogens is 308 g/mol. The van der Waals surface area contributed by atoms with E-state index in [4.69, 9.17) is 10.6 Å². The minimum Gasteiger partial charge on any atom is -0.507 e. The van der Waals surface area contributed by atoms with Gasteiger partial charge in [0.2, 0.25) is 0 Å². The number of methoxy groups -OCH3 is 1. The zero-order valence-electron chi connectivity index (χ0n) is 11.6. The SMILES string of the molecule is COc1cc(O)c(/C(=N/N)c2ccccc2)cc1S(=O)(=O)O. The third kappa shape index (κ3) is 3.02. The molecule has 0 heterocycles. The molecule has 7 nitrogen and oxygen atoms in total. The largest absolute Gasteiger partial charge is 0.507 e. The maximum Gasteiger partial charge on any atom is 0.298 e. The van der Waals surface area contributed by atoms with Gasteiger partial charge < -0.3 is 15.7 Å². The summed E-state index contributed by atoms with van der Waals surface area (Å²) in [6.07, 6.45) is 0. The normalized spacial score (nSPS) is 12.2. The van der Waals surface area contributed by atoms with Crippen LogP contribution in [0.15, 0.2) is 52.5 Å². The quantitative estimate of drug-likeness (QED) is 0.338. The number of benzene rings is 2. The van der Waals surface area contributed by atoms with E-state index in [1.54, 1.807) is 30.3 Å². The summed E-state index contributed by atoms with van der Waals surface area (Å²) in [5.74, 6) is 4.90. The van der Waals surface area contributed by atoms with Gasteiger partial charge in [-0.15, -0.1) is 0 Å². The fourth-order valence-corrected chi connectivity index (χ4v) is 2.66. The molecule has 2 aromatic rings. The van der Waals surface area contributed by atoms with Crippen molar-refractivity contribution in [2.75, 3.05) is 7.11 Å². The van der Waals surface area contributed by atoms with Gasteiger partial charge in [0, 0.05) is 17.2 Å². The molecule has 0 atom stereocenters. The van der Waals surface area contributed by atoms with Crippen molar-refractivity contribution in [2.24, 2.45) is 10.9 Å². The first kappa shape index (κ1) is 15.8. The third-order valence-corrected chi connectivity index (χ3v) is 3.87. The van der Waals surface area contributed by atoms with Gasteiger partial charge in [0.05, 0.1) is 7.11 Å². The van der Waals surface area contributed by atoms with Crippen molar-refractivity contribution in [2.45, 2.75) is 4.90 Å². The first-order valence-electron chi connectivity index (χ1n) is 6.10. The molecule has 0 saturated heterocycles. The fraction of sp³-hybridized carbons (Fsp3) is 0.0714. The number of hydrogen-bond acceptors (Lipinski definition) is 6. The van der Waals surface area contributed by atoms with Crippen LogP contribution in [0.4, 0.5) is 0 Å². The lowest BCUT2D eigenvalue weighted by Crippen LogP contribution is -2.09. The maximum atomic E-state index is 11.4. The van der Waals surface area contributed by atoms with Crippen LogP contribution in [0.25, 0.3) is 0 Å². The Morgan fingerprint density at radius 3 is 2.36 bits per heavy atom. The summed E-state index contributed by atoms with van der Waals surface area (Å²) in [5, 5.41) is 13.7. The lowest BCUT2D eigenvalue weighted by molar-refractivity contribution is 0.391. The van der Waals surface area contributed by atoms with Crippen LogP contribution in [0.3, 0.4) is 0 Å². The maximum absolute atomic E-state index is 11.4.